The zero-order valence-electron chi connectivity index (χ0n) is 14.2. The molecule has 124 valence electrons. The molecule has 0 bridgehead atoms. The molecule has 24 heavy (non-hydrogen) atoms. The molecule has 0 atom stereocenters. The standard InChI is InChI=1S/C17H20N6O/c1-11(2)24-15-8-16(13(4)19-9-15)21-17-20-10-23(22-17)14-5-6-18-12(3)7-14/h5-11H,1-4H3,(H,21,22). The van der Waals surface area contributed by atoms with Crippen molar-refractivity contribution >= 4 is 11.6 Å². The van der Waals surface area contributed by atoms with Crippen molar-refractivity contribution in [1.82, 2.24) is 24.7 Å². The monoisotopic (exact) mass is 324 g/mol. The highest BCUT2D eigenvalue weighted by molar-refractivity contribution is 5.58. The number of ether oxygens (including phenoxy) is 1. The fourth-order valence-electron chi connectivity index (χ4n) is 2.22. The molecule has 7 heteroatoms. The van der Waals surface area contributed by atoms with E-state index >= 15 is 0 Å². The normalized spacial score (nSPS) is 10.9. The number of hydrogen-bond donors (Lipinski definition) is 1. The molecule has 0 aromatic carbocycles. The van der Waals surface area contributed by atoms with Crippen LogP contribution in [0.2, 0.25) is 0 Å². The van der Waals surface area contributed by atoms with Crippen LogP contribution in [0.25, 0.3) is 5.69 Å². The minimum atomic E-state index is 0.0922. The summed E-state index contributed by atoms with van der Waals surface area (Å²) < 4.78 is 7.38. The third kappa shape index (κ3) is 3.68. The molecule has 0 fully saturated rings. The number of rotatable bonds is 5. The summed E-state index contributed by atoms with van der Waals surface area (Å²) in [4.78, 5) is 12.8. The van der Waals surface area contributed by atoms with E-state index in [-0.39, 0.29) is 6.10 Å². The predicted molar refractivity (Wildman–Crippen MR) is 91.9 cm³/mol. The zero-order chi connectivity index (χ0) is 17.1. The minimum absolute atomic E-state index is 0.0922. The Kier molecular flexibility index (Phi) is 4.41. The van der Waals surface area contributed by atoms with Crippen LogP contribution in [-0.2, 0) is 0 Å². The molecule has 3 rings (SSSR count). The lowest BCUT2D eigenvalue weighted by Crippen LogP contribution is -2.07. The maximum atomic E-state index is 5.68. The third-order valence-corrected chi connectivity index (χ3v) is 3.32. The van der Waals surface area contributed by atoms with Gasteiger partial charge in [0.15, 0.2) is 0 Å². The molecule has 3 aromatic rings. The van der Waals surface area contributed by atoms with Gasteiger partial charge in [0.1, 0.15) is 12.1 Å². The van der Waals surface area contributed by atoms with Crippen molar-refractivity contribution < 1.29 is 4.74 Å². The van der Waals surface area contributed by atoms with Gasteiger partial charge in [-0.1, -0.05) is 0 Å². The van der Waals surface area contributed by atoms with Crippen molar-refractivity contribution in [1.29, 1.82) is 0 Å². The van der Waals surface area contributed by atoms with Gasteiger partial charge in [-0.25, -0.2) is 4.68 Å². The molecule has 0 radical (unpaired) electrons. The zero-order valence-corrected chi connectivity index (χ0v) is 14.2. The highest BCUT2D eigenvalue weighted by Crippen LogP contribution is 2.23. The SMILES string of the molecule is Cc1cc(-n2cnc(Nc3cc(OC(C)C)cnc3C)n2)ccn1. The van der Waals surface area contributed by atoms with Crippen LogP contribution in [0.15, 0.2) is 36.9 Å². The van der Waals surface area contributed by atoms with E-state index in [1.54, 1.807) is 23.4 Å². The van der Waals surface area contributed by atoms with Crippen molar-refractivity contribution in [2.45, 2.75) is 33.8 Å². The minimum Gasteiger partial charge on any atom is -0.489 e. The summed E-state index contributed by atoms with van der Waals surface area (Å²) in [7, 11) is 0. The molecule has 1 N–H and O–H groups in total. The van der Waals surface area contributed by atoms with E-state index in [1.807, 2.05) is 45.9 Å². The van der Waals surface area contributed by atoms with Crippen LogP contribution in [-0.4, -0.2) is 30.8 Å². The van der Waals surface area contributed by atoms with Crippen molar-refractivity contribution in [3.8, 4) is 11.4 Å². The largest absolute Gasteiger partial charge is 0.489 e. The first-order valence-corrected chi connectivity index (χ1v) is 7.76. The van der Waals surface area contributed by atoms with Gasteiger partial charge >= 0.3 is 0 Å². The summed E-state index contributed by atoms with van der Waals surface area (Å²) in [5.41, 5.74) is 3.50. The molecule has 3 heterocycles. The first kappa shape index (κ1) is 15.9. The molecule has 0 saturated carbocycles. The summed E-state index contributed by atoms with van der Waals surface area (Å²) in [6.07, 6.45) is 5.22. The molecule has 0 aliphatic carbocycles. The van der Waals surface area contributed by atoms with Crippen molar-refractivity contribution in [3.63, 3.8) is 0 Å². The Morgan fingerprint density at radius 2 is 1.96 bits per heavy atom. The van der Waals surface area contributed by atoms with Crippen LogP contribution >= 0.6 is 0 Å². The molecule has 3 aromatic heterocycles. The van der Waals surface area contributed by atoms with Gasteiger partial charge in [0, 0.05) is 18.0 Å². The third-order valence-electron chi connectivity index (χ3n) is 3.32. The summed E-state index contributed by atoms with van der Waals surface area (Å²) in [6.45, 7) is 7.82. The summed E-state index contributed by atoms with van der Waals surface area (Å²) in [6, 6.07) is 5.73. The molecule has 7 nitrogen and oxygen atoms in total. The Labute approximate surface area is 140 Å². The van der Waals surface area contributed by atoms with Gasteiger partial charge in [0.05, 0.1) is 29.4 Å². The molecule has 0 aliphatic heterocycles. The molecule has 0 spiro atoms. The maximum Gasteiger partial charge on any atom is 0.247 e. The second kappa shape index (κ2) is 6.66. The van der Waals surface area contributed by atoms with E-state index in [2.05, 4.69) is 25.4 Å². The number of aryl methyl sites for hydroxylation is 2. The second-order valence-electron chi connectivity index (χ2n) is 5.76. The lowest BCUT2D eigenvalue weighted by atomic mass is 10.3. The number of hydrogen-bond acceptors (Lipinski definition) is 6. The topological polar surface area (TPSA) is 77.8 Å². The summed E-state index contributed by atoms with van der Waals surface area (Å²) in [5.74, 6) is 1.21. The first-order chi connectivity index (χ1) is 11.5. The number of nitrogens with zero attached hydrogens (tertiary/aromatic N) is 5. The Morgan fingerprint density at radius 3 is 2.71 bits per heavy atom. The van der Waals surface area contributed by atoms with E-state index < -0.39 is 0 Å². The fraction of sp³-hybridized carbons (Fsp3) is 0.294. The maximum absolute atomic E-state index is 5.68. The highest BCUT2D eigenvalue weighted by atomic mass is 16.5. The predicted octanol–water partition coefficient (Wildman–Crippen LogP) is 3.20. The fourth-order valence-corrected chi connectivity index (χ4v) is 2.22. The number of anilines is 2. The number of nitrogens with one attached hydrogen (secondary N) is 1. The Hall–Kier alpha value is -2.96. The Balaban J connectivity index is 1.82. The van der Waals surface area contributed by atoms with Crippen molar-refractivity contribution in [3.05, 3.63) is 48.3 Å². The van der Waals surface area contributed by atoms with Crippen LogP contribution in [0.4, 0.5) is 11.6 Å². The number of pyridine rings is 2. The summed E-state index contributed by atoms with van der Waals surface area (Å²) in [5, 5.41) is 7.64. The molecule has 0 amide bonds. The van der Waals surface area contributed by atoms with Gasteiger partial charge in [-0.05, 0) is 39.8 Å². The van der Waals surface area contributed by atoms with Crippen LogP contribution in [0.3, 0.4) is 0 Å². The van der Waals surface area contributed by atoms with E-state index in [0.717, 1.165) is 22.8 Å². The van der Waals surface area contributed by atoms with E-state index in [9.17, 15) is 0 Å². The van der Waals surface area contributed by atoms with E-state index in [4.69, 9.17) is 4.74 Å². The van der Waals surface area contributed by atoms with Crippen molar-refractivity contribution in [2.75, 3.05) is 5.32 Å². The summed E-state index contributed by atoms with van der Waals surface area (Å²) >= 11 is 0. The first-order valence-electron chi connectivity index (χ1n) is 7.76. The van der Waals surface area contributed by atoms with Gasteiger partial charge in [-0.2, -0.15) is 4.98 Å². The lowest BCUT2D eigenvalue weighted by Gasteiger charge is -2.12. The molecular formula is C17H20N6O. The Bertz CT molecular complexity index is 843. The van der Waals surface area contributed by atoms with E-state index in [0.29, 0.717) is 11.7 Å². The average Bonchev–Trinajstić information content (AvgIpc) is 2.99. The quantitative estimate of drug-likeness (QED) is 0.776. The van der Waals surface area contributed by atoms with Crippen LogP contribution in [0.5, 0.6) is 5.75 Å². The molecule has 0 aliphatic rings. The van der Waals surface area contributed by atoms with Gasteiger partial charge in [-0.3, -0.25) is 9.97 Å². The van der Waals surface area contributed by atoms with Crippen molar-refractivity contribution in [2.24, 2.45) is 0 Å². The van der Waals surface area contributed by atoms with Gasteiger partial charge in [0.25, 0.3) is 0 Å². The van der Waals surface area contributed by atoms with Gasteiger partial charge < -0.3 is 10.1 Å². The number of aromatic nitrogens is 5. The molecule has 0 saturated heterocycles. The second-order valence-corrected chi connectivity index (χ2v) is 5.76. The molecular weight excluding hydrogens is 304 g/mol. The van der Waals surface area contributed by atoms with Crippen LogP contribution < -0.4 is 10.1 Å². The molecule has 0 unspecified atom stereocenters. The smallest absolute Gasteiger partial charge is 0.247 e. The van der Waals surface area contributed by atoms with Gasteiger partial charge in [0.2, 0.25) is 5.95 Å². The average molecular weight is 324 g/mol. The van der Waals surface area contributed by atoms with Crippen LogP contribution in [0.1, 0.15) is 25.2 Å². The van der Waals surface area contributed by atoms with E-state index in [1.165, 1.54) is 0 Å². The van der Waals surface area contributed by atoms with Gasteiger partial charge in [-0.15, -0.1) is 5.10 Å². The van der Waals surface area contributed by atoms with Crippen LogP contribution in [0, 0.1) is 13.8 Å². The Morgan fingerprint density at radius 1 is 1.12 bits per heavy atom. The lowest BCUT2D eigenvalue weighted by molar-refractivity contribution is 0.241. The highest BCUT2D eigenvalue weighted by Gasteiger charge is 2.08.